The van der Waals surface area contributed by atoms with Crippen molar-refractivity contribution < 1.29 is 13.8 Å². The molecule has 0 saturated heterocycles. The van der Waals surface area contributed by atoms with E-state index in [2.05, 4.69) is 20.4 Å². The molecule has 2 aromatic rings. The Morgan fingerprint density at radius 2 is 1.27 bits per heavy atom. The molecule has 0 atom stereocenters. The molecule has 0 spiro atoms. The highest BCUT2D eigenvalue weighted by atomic mass is 32.2. The van der Waals surface area contributed by atoms with Crippen LogP contribution < -0.4 is 10.6 Å². The average Bonchev–Trinajstić information content (AvgIpc) is 3.35. The molecule has 0 fully saturated rings. The molecule has 186 valence electrons. The second-order valence-electron chi connectivity index (χ2n) is 8.29. The van der Waals surface area contributed by atoms with Crippen LogP contribution in [-0.2, 0) is 24.6 Å². The van der Waals surface area contributed by atoms with Gasteiger partial charge in [0.1, 0.15) is 29.2 Å². The third-order valence-electron chi connectivity index (χ3n) is 4.47. The van der Waals surface area contributed by atoms with Gasteiger partial charge in [-0.25, -0.2) is 0 Å². The standard InChI is InChI=1S/C22H37N5O4S2/c1-25(2)13-18-5-7-20(30-18)16-32-11-9-23-22(15-27(28)29)24-10-12-33-17-21-8-6-19(31-21)14-26(3)4/h5-8,22-24H,9-17H2,1-4H3. The van der Waals surface area contributed by atoms with Crippen molar-refractivity contribution in [1.82, 2.24) is 20.4 Å². The first-order valence-electron chi connectivity index (χ1n) is 11.0. The minimum absolute atomic E-state index is 0.145. The van der Waals surface area contributed by atoms with Crippen molar-refractivity contribution in [3.63, 3.8) is 0 Å². The lowest BCUT2D eigenvalue weighted by atomic mass is 10.4. The summed E-state index contributed by atoms with van der Waals surface area (Å²) < 4.78 is 11.6. The van der Waals surface area contributed by atoms with Crippen molar-refractivity contribution in [2.45, 2.75) is 30.8 Å². The van der Waals surface area contributed by atoms with Gasteiger partial charge in [0, 0.05) is 29.5 Å². The van der Waals surface area contributed by atoms with Gasteiger partial charge in [0.25, 0.3) is 0 Å². The molecule has 0 aliphatic heterocycles. The van der Waals surface area contributed by atoms with Gasteiger partial charge in [0.2, 0.25) is 6.54 Å². The van der Waals surface area contributed by atoms with Crippen molar-refractivity contribution in [1.29, 1.82) is 0 Å². The molecule has 0 radical (unpaired) electrons. The summed E-state index contributed by atoms with van der Waals surface area (Å²) in [5, 5.41) is 17.5. The lowest BCUT2D eigenvalue weighted by molar-refractivity contribution is -0.484. The van der Waals surface area contributed by atoms with E-state index in [0.717, 1.165) is 59.1 Å². The summed E-state index contributed by atoms with van der Waals surface area (Å²) in [5.41, 5.74) is 0. The molecule has 0 aliphatic carbocycles. The Morgan fingerprint density at radius 1 is 0.848 bits per heavy atom. The maximum Gasteiger partial charge on any atom is 0.231 e. The number of nitro groups is 1. The van der Waals surface area contributed by atoms with Gasteiger partial charge in [-0.05, 0) is 52.5 Å². The van der Waals surface area contributed by atoms with Crippen LogP contribution in [0.3, 0.4) is 0 Å². The van der Waals surface area contributed by atoms with Gasteiger partial charge in [-0.15, -0.1) is 0 Å². The number of hydrogen-bond donors (Lipinski definition) is 2. The summed E-state index contributed by atoms with van der Waals surface area (Å²) in [7, 11) is 8.05. The molecular formula is C22H37N5O4S2. The third-order valence-corrected chi connectivity index (χ3v) is 6.44. The van der Waals surface area contributed by atoms with Crippen LogP contribution in [0.4, 0.5) is 0 Å². The minimum atomic E-state index is -0.341. The third kappa shape index (κ3) is 12.5. The predicted octanol–water partition coefficient (Wildman–Crippen LogP) is 2.94. The number of thioether (sulfide) groups is 2. The molecule has 0 aliphatic rings. The Hall–Kier alpha value is -1.50. The van der Waals surface area contributed by atoms with Crippen LogP contribution in [0.1, 0.15) is 23.0 Å². The van der Waals surface area contributed by atoms with Crippen LogP contribution in [0.25, 0.3) is 0 Å². The molecule has 2 aromatic heterocycles. The van der Waals surface area contributed by atoms with Gasteiger partial charge in [-0.3, -0.25) is 20.7 Å². The number of furan rings is 2. The number of hydrogen-bond acceptors (Lipinski definition) is 10. The molecule has 0 saturated carbocycles. The monoisotopic (exact) mass is 499 g/mol. The van der Waals surface area contributed by atoms with Gasteiger partial charge < -0.3 is 18.6 Å². The molecule has 0 unspecified atom stereocenters. The molecule has 2 heterocycles. The maximum absolute atomic E-state index is 11.0. The van der Waals surface area contributed by atoms with E-state index in [-0.39, 0.29) is 17.6 Å². The van der Waals surface area contributed by atoms with Crippen LogP contribution >= 0.6 is 23.5 Å². The van der Waals surface area contributed by atoms with E-state index < -0.39 is 0 Å². The van der Waals surface area contributed by atoms with Crippen molar-refractivity contribution >= 4 is 23.5 Å². The number of nitrogens with one attached hydrogen (secondary N) is 2. The first-order chi connectivity index (χ1) is 15.8. The highest BCUT2D eigenvalue weighted by Crippen LogP contribution is 2.17. The van der Waals surface area contributed by atoms with Gasteiger partial charge in [-0.2, -0.15) is 23.5 Å². The molecular weight excluding hydrogens is 462 g/mol. The molecule has 2 rings (SSSR count). The van der Waals surface area contributed by atoms with E-state index in [9.17, 15) is 10.1 Å². The Balaban J connectivity index is 1.59. The zero-order valence-corrected chi connectivity index (χ0v) is 21.7. The molecule has 0 aromatic carbocycles. The number of nitrogens with zero attached hydrogens (tertiary/aromatic N) is 3. The van der Waals surface area contributed by atoms with E-state index >= 15 is 0 Å². The summed E-state index contributed by atoms with van der Waals surface area (Å²) >= 11 is 3.50. The second kappa shape index (κ2) is 15.4. The molecule has 9 nitrogen and oxygen atoms in total. The van der Waals surface area contributed by atoms with Crippen LogP contribution in [0.2, 0.25) is 0 Å². The zero-order chi connectivity index (χ0) is 24.1. The molecule has 2 N–H and O–H groups in total. The van der Waals surface area contributed by atoms with E-state index in [1.165, 1.54) is 0 Å². The highest BCUT2D eigenvalue weighted by molar-refractivity contribution is 7.98. The Kier molecular flexibility index (Phi) is 13.0. The molecule has 11 heteroatoms. The van der Waals surface area contributed by atoms with Gasteiger partial charge in [-0.1, -0.05) is 0 Å². The van der Waals surface area contributed by atoms with Crippen molar-refractivity contribution in [3.05, 3.63) is 57.4 Å². The van der Waals surface area contributed by atoms with Crippen LogP contribution in [0.15, 0.2) is 33.1 Å². The molecule has 0 amide bonds. The van der Waals surface area contributed by atoms with Crippen LogP contribution in [0, 0.1) is 10.1 Å². The Bertz CT molecular complexity index is 754. The zero-order valence-electron chi connectivity index (χ0n) is 20.0. The lowest BCUT2D eigenvalue weighted by Crippen LogP contribution is -2.48. The van der Waals surface area contributed by atoms with E-state index in [4.69, 9.17) is 8.83 Å². The quantitative estimate of drug-likeness (QED) is 0.138. The molecule has 0 bridgehead atoms. The largest absolute Gasteiger partial charge is 0.464 e. The summed E-state index contributed by atoms with van der Waals surface area (Å²) in [6, 6.07) is 8.05. The number of rotatable bonds is 18. The molecule has 33 heavy (non-hydrogen) atoms. The van der Waals surface area contributed by atoms with Crippen molar-refractivity contribution in [2.75, 3.05) is 59.3 Å². The lowest BCUT2D eigenvalue weighted by Gasteiger charge is -2.16. The first-order valence-corrected chi connectivity index (χ1v) is 13.3. The normalized spacial score (nSPS) is 11.8. The van der Waals surface area contributed by atoms with Gasteiger partial charge >= 0.3 is 0 Å². The summed E-state index contributed by atoms with van der Waals surface area (Å²) in [5.74, 6) is 7.12. The minimum Gasteiger partial charge on any atom is -0.464 e. The fourth-order valence-electron chi connectivity index (χ4n) is 3.10. The first kappa shape index (κ1) is 27.7. The average molecular weight is 500 g/mol. The van der Waals surface area contributed by atoms with Gasteiger partial charge in [0.15, 0.2) is 0 Å². The predicted molar refractivity (Wildman–Crippen MR) is 136 cm³/mol. The van der Waals surface area contributed by atoms with Crippen molar-refractivity contribution in [2.24, 2.45) is 0 Å². The van der Waals surface area contributed by atoms with E-state index in [0.29, 0.717) is 13.1 Å². The summed E-state index contributed by atoms with van der Waals surface area (Å²) in [4.78, 5) is 14.9. The van der Waals surface area contributed by atoms with Gasteiger partial charge in [0.05, 0.1) is 24.6 Å². The fraction of sp³-hybridized carbons (Fsp3) is 0.636. The smallest absolute Gasteiger partial charge is 0.231 e. The van der Waals surface area contributed by atoms with E-state index in [1.807, 2.05) is 52.5 Å². The van der Waals surface area contributed by atoms with E-state index in [1.54, 1.807) is 23.5 Å². The topological polar surface area (TPSA) is 100.0 Å². The SMILES string of the molecule is CN(C)Cc1ccc(CSCCNC(C[N+](=O)[O-])NCCSCc2ccc(CN(C)C)o2)o1. The van der Waals surface area contributed by atoms with Crippen molar-refractivity contribution in [3.8, 4) is 0 Å². The summed E-state index contributed by atoms with van der Waals surface area (Å²) in [6.07, 6.45) is -0.341. The van der Waals surface area contributed by atoms with Crippen LogP contribution in [0.5, 0.6) is 0 Å². The highest BCUT2D eigenvalue weighted by Gasteiger charge is 2.14. The Morgan fingerprint density at radius 3 is 1.67 bits per heavy atom. The van der Waals surface area contributed by atoms with Crippen LogP contribution in [-0.4, -0.2) is 80.2 Å². The maximum atomic E-state index is 11.0. The second-order valence-corrected chi connectivity index (χ2v) is 10.5. The summed E-state index contributed by atoms with van der Waals surface area (Å²) in [6.45, 7) is 2.81. The Labute approximate surface area is 205 Å². The fourth-order valence-corrected chi connectivity index (χ4v) is 4.63.